The highest BCUT2D eigenvalue weighted by atomic mass is 32.2. The molecule has 2 aromatic rings. The fourth-order valence-corrected chi connectivity index (χ4v) is 3.63. The summed E-state index contributed by atoms with van der Waals surface area (Å²) in [5, 5.41) is 8.72. The van der Waals surface area contributed by atoms with Crippen LogP contribution in [0.3, 0.4) is 0 Å². The van der Waals surface area contributed by atoms with Gasteiger partial charge in [-0.1, -0.05) is 48.2 Å². The number of aryl methyl sites for hydroxylation is 1. The molecule has 0 aliphatic carbocycles. The van der Waals surface area contributed by atoms with Crippen molar-refractivity contribution in [1.82, 2.24) is 0 Å². The van der Waals surface area contributed by atoms with E-state index in [1.54, 1.807) is 6.21 Å². The zero-order valence-corrected chi connectivity index (χ0v) is 15.4. The highest BCUT2D eigenvalue weighted by Gasteiger charge is 2.15. The minimum Gasteiger partial charge on any atom is -0.377 e. The van der Waals surface area contributed by atoms with Gasteiger partial charge in [0.05, 0.1) is 6.21 Å². The van der Waals surface area contributed by atoms with Gasteiger partial charge in [0.15, 0.2) is 5.17 Å². The monoisotopic (exact) mass is 352 g/mol. The molecular formula is C20H24N4S. The molecular weight excluding hydrogens is 328 g/mol. The van der Waals surface area contributed by atoms with Crippen LogP contribution in [0.25, 0.3) is 0 Å². The lowest BCUT2D eigenvalue weighted by Gasteiger charge is -2.30. The van der Waals surface area contributed by atoms with Gasteiger partial charge in [-0.05, 0) is 48.6 Å². The van der Waals surface area contributed by atoms with Gasteiger partial charge < -0.3 is 10.6 Å². The second-order valence-electron chi connectivity index (χ2n) is 6.03. The van der Waals surface area contributed by atoms with Crippen molar-refractivity contribution in [3.63, 3.8) is 0 Å². The maximum Gasteiger partial charge on any atom is 0.180 e. The van der Waals surface area contributed by atoms with Gasteiger partial charge in [0.1, 0.15) is 0 Å². The number of amidine groups is 1. The summed E-state index contributed by atoms with van der Waals surface area (Å²) in [6, 6.07) is 16.7. The normalized spacial score (nSPS) is 14.8. The average molecular weight is 353 g/mol. The SMILES string of the molecule is CCN1CCCc2cc(C=NN=C(N)SCc3ccccc3)ccc21. The summed E-state index contributed by atoms with van der Waals surface area (Å²) >= 11 is 1.50. The molecule has 130 valence electrons. The molecule has 0 saturated heterocycles. The third kappa shape index (κ3) is 4.86. The smallest absolute Gasteiger partial charge is 0.180 e. The van der Waals surface area contributed by atoms with Crippen LogP contribution < -0.4 is 10.6 Å². The number of benzene rings is 2. The van der Waals surface area contributed by atoms with Crippen LogP contribution in [-0.4, -0.2) is 24.5 Å². The molecule has 0 aromatic heterocycles. The van der Waals surface area contributed by atoms with Crippen molar-refractivity contribution in [2.45, 2.75) is 25.5 Å². The quantitative estimate of drug-likeness (QED) is 0.502. The van der Waals surface area contributed by atoms with E-state index in [0.717, 1.165) is 30.8 Å². The van der Waals surface area contributed by atoms with E-state index in [0.29, 0.717) is 5.17 Å². The van der Waals surface area contributed by atoms with E-state index in [1.807, 2.05) is 18.2 Å². The van der Waals surface area contributed by atoms with E-state index in [4.69, 9.17) is 5.73 Å². The molecule has 0 fully saturated rings. The van der Waals surface area contributed by atoms with Crippen LogP contribution in [0.2, 0.25) is 0 Å². The molecule has 1 aliphatic heterocycles. The molecule has 2 N–H and O–H groups in total. The van der Waals surface area contributed by atoms with Crippen LogP contribution in [0.4, 0.5) is 5.69 Å². The van der Waals surface area contributed by atoms with E-state index in [9.17, 15) is 0 Å². The van der Waals surface area contributed by atoms with Crippen molar-refractivity contribution in [2.75, 3.05) is 18.0 Å². The van der Waals surface area contributed by atoms with Crippen molar-refractivity contribution in [1.29, 1.82) is 0 Å². The van der Waals surface area contributed by atoms with Gasteiger partial charge in [-0.15, -0.1) is 5.10 Å². The first-order valence-corrected chi connectivity index (χ1v) is 9.66. The number of rotatable bonds is 5. The first kappa shape index (κ1) is 17.5. The Hall–Kier alpha value is -2.27. The molecule has 5 heteroatoms. The summed E-state index contributed by atoms with van der Waals surface area (Å²) in [5.41, 5.74) is 11.0. The van der Waals surface area contributed by atoms with Gasteiger partial charge in [-0.2, -0.15) is 5.10 Å². The van der Waals surface area contributed by atoms with Crippen LogP contribution in [0.15, 0.2) is 58.7 Å². The maximum absolute atomic E-state index is 5.93. The first-order chi connectivity index (χ1) is 12.3. The fraction of sp³-hybridized carbons (Fsp3) is 0.300. The van der Waals surface area contributed by atoms with E-state index < -0.39 is 0 Å². The Morgan fingerprint density at radius 1 is 1.24 bits per heavy atom. The summed E-state index contributed by atoms with van der Waals surface area (Å²) in [6.07, 6.45) is 4.12. The van der Waals surface area contributed by atoms with Gasteiger partial charge in [-0.3, -0.25) is 0 Å². The lowest BCUT2D eigenvalue weighted by atomic mass is 9.99. The van der Waals surface area contributed by atoms with Crippen molar-refractivity contribution < 1.29 is 0 Å². The molecule has 0 spiro atoms. The highest BCUT2D eigenvalue weighted by molar-refractivity contribution is 8.13. The first-order valence-electron chi connectivity index (χ1n) is 8.67. The summed E-state index contributed by atoms with van der Waals surface area (Å²) in [5.74, 6) is 0.803. The van der Waals surface area contributed by atoms with E-state index in [-0.39, 0.29) is 0 Å². The Morgan fingerprint density at radius 3 is 2.88 bits per heavy atom. The van der Waals surface area contributed by atoms with Gasteiger partial charge in [0.2, 0.25) is 0 Å². The van der Waals surface area contributed by atoms with Gasteiger partial charge in [-0.25, -0.2) is 0 Å². The highest BCUT2D eigenvalue weighted by Crippen LogP contribution is 2.27. The Labute approximate surface area is 153 Å². The number of hydrogen-bond donors (Lipinski definition) is 1. The zero-order chi connectivity index (χ0) is 17.5. The van der Waals surface area contributed by atoms with Crippen LogP contribution in [0, 0.1) is 0 Å². The Morgan fingerprint density at radius 2 is 2.08 bits per heavy atom. The molecule has 0 radical (unpaired) electrons. The predicted molar refractivity (Wildman–Crippen MR) is 110 cm³/mol. The molecule has 0 saturated carbocycles. The average Bonchev–Trinajstić information content (AvgIpc) is 2.66. The Bertz CT molecular complexity index is 756. The molecule has 1 heterocycles. The predicted octanol–water partition coefficient (Wildman–Crippen LogP) is 4.04. The van der Waals surface area contributed by atoms with Gasteiger partial charge in [0, 0.05) is 24.5 Å². The molecule has 0 unspecified atom stereocenters. The summed E-state index contributed by atoms with van der Waals surface area (Å²) < 4.78 is 0. The molecule has 0 bridgehead atoms. The minimum absolute atomic E-state index is 0.482. The molecule has 1 aliphatic rings. The second kappa shape index (κ2) is 8.72. The Balaban J connectivity index is 1.60. The number of hydrogen-bond acceptors (Lipinski definition) is 4. The van der Waals surface area contributed by atoms with Crippen LogP contribution in [0.5, 0.6) is 0 Å². The third-order valence-electron chi connectivity index (χ3n) is 4.29. The van der Waals surface area contributed by atoms with Crippen molar-refractivity contribution in [2.24, 2.45) is 15.9 Å². The third-order valence-corrected chi connectivity index (χ3v) is 5.15. The lowest BCUT2D eigenvalue weighted by molar-refractivity contribution is 0.708. The van der Waals surface area contributed by atoms with Crippen molar-refractivity contribution in [3.05, 3.63) is 65.2 Å². The molecule has 3 rings (SSSR count). The molecule has 4 nitrogen and oxygen atoms in total. The number of anilines is 1. The molecule has 0 amide bonds. The molecule has 0 atom stereocenters. The van der Waals surface area contributed by atoms with E-state index >= 15 is 0 Å². The minimum atomic E-state index is 0.482. The van der Waals surface area contributed by atoms with Crippen LogP contribution in [0.1, 0.15) is 30.0 Å². The molecule has 25 heavy (non-hydrogen) atoms. The van der Waals surface area contributed by atoms with E-state index in [2.05, 4.69) is 52.4 Å². The number of nitrogens with two attached hydrogens (primary N) is 1. The molecule has 2 aromatic carbocycles. The number of thioether (sulfide) groups is 1. The van der Waals surface area contributed by atoms with Crippen molar-refractivity contribution in [3.8, 4) is 0 Å². The lowest BCUT2D eigenvalue weighted by Crippen LogP contribution is -2.28. The standard InChI is InChI=1S/C20H24N4S/c1-2-24-12-6-9-18-13-17(10-11-19(18)24)14-22-23-20(21)25-15-16-7-4-3-5-8-16/h3-5,7-8,10-11,13-14H,2,6,9,12,15H2,1H3,(H2,21,23). The topological polar surface area (TPSA) is 54.0 Å². The number of nitrogens with zero attached hydrogens (tertiary/aromatic N) is 3. The van der Waals surface area contributed by atoms with Gasteiger partial charge >= 0.3 is 0 Å². The fourth-order valence-electron chi connectivity index (χ4n) is 3.02. The van der Waals surface area contributed by atoms with Crippen LogP contribution in [-0.2, 0) is 12.2 Å². The van der Waals surface area contributed by atoms with Crippen molar-refractivity contribution >= 4 is 28.8 Å². The van der Waals surface area contributed by atoms with Crippen LogP contribution >= 0.6 is 11.8 Å². The summed E-state index contributed by atoms with van der Waals surface area (Å²) in [7, 11) is 0. The number of fused-ring (bicyclic) bond motifs is 1. The summed E-state index contributed by atoms with van der Waals surface area (Å²) in [6.45, 7) is 4.41. The maximum atomic E-state index is 5.93. The second-order valence-corrected chi connectivity index (χ2v) is 7.02. The summed E-state index contributed by atoms with van der Waals surface area (Å²) in [4.78, 5) is 2.43. The Kier molecular flexibility index (Phi) is 6.12. The van der Waals surface area contributed by atoms with E-state index in [1.165, 1.54) is 35.0 Å². The largest absolute Gasteiger partial charge is 0.377 e. The zero-order valence-electron chi connectivity index (χ0n) is 14.6. The van der Waals surface area contributed by atoms with Gasteiger partial charge in [0.25, 0.3) is 0 Å².